The van der Waals surface area contributed by atoms with E-state index in [0.29, 0.717) is 16.6 Å². The molecule has 0 spiro atoms. The lowest BCUT2D eigenvalue weighted by atomic mass is 10.1. The molecular weight excluding hydrogens is 473 g/mol. The highest BCUT2D eigenvalue weighted by Crippen LogP contribution is 2.23. The molecule has 0 aliphatic rings. The number of aromatic nitrogens is 2. The highest BCUT2D eigenvalue weighted by Gasteiger charge is 2.21. The first-order valence-corrected chi connectivity index (χ1v) is 12.2. The Morgan fingerprint density at radius 2 is 1.74 bits per heavy atom. The van der Waals surface area contributed by atoms with Gasteiger partial charge in [0.25, 0.3) is 15.9 Å². The molecule has 4 rings (SSSR count). The second-order valence-corrected chi connectivity index (χ2v) is 9.86. The topological polar surface area (TPSA) is 127 Å². The molecule has 9 nitrogen and oxygen atoms in total. The SMILES string of the molecule is CN(C)[C@H](CNC(=O)c1ccccc1NS(=O)(=O)c1ccc2[nH]c(=O)[nH]c2c1)c1cccc(F)c1. The number of nitrogens with zero attached hydrogens (tertiary/aromatic N) is 1. The van der Waals surface area contributed by atoms with Crippen molar-refractivity contribution >= 4 is 32.7 Å². The van der Waals surface area contributed by atoms with Gasteiger partial charge in [-0.05, 0) is 62.1 Å². The zero-order valence-electron chi connectivity index (χ0n) is 19.0. The van der Waals surface area contributed by atoms with E-state index in [1.807, 2.05) is 19.0 Å². The Labute approximate surface area is 201 Å². The second kappa shape index (κ2) is 9.72. The maximum atomic E-state index is 13.7. The standard InChI is InChI=1S/C24H24FN5O4S/c1-30(2)22(15-6-5-7-16(25)12-15)14-26-23(31)18-8-3-4-9-19(18)29-35(33,34)17-10-11-20-21(13-17)28-24(32)27-20/h3-13,22,29H,14H2,1-2H3,(H,26,31)(H2,27,28,32)/t22-/m1/s1. The smallest absolute Gasteiger partial charge is 0.323 e. The second-order valence-electron chi connectivity index (χ2n) is 8.18. The van der Waals surface area contributed by atoms with Crippen LogP contribution in [0.3, 0.4) is 0 Å². The third-order valence-corrected chi connectivity index (χ3v) is 6.89. The van der Waals surface area contributed by atoms with E-state index in [0.717, 1.165) is 0 Å². The summed E-state index contributed by atoms with van der Waals surface area (Å²) in [6, 6.07) is 16.2. The molecule has 0 fully saturated rings. The van der Waals surface area contributed by atoms with Gasteiger partial charge in [-0.15, -0.1) is 0 Å². The number of amides is 1. The minimum absolute atomic E-state index is 0.0748. The van der Waals surface area contributed by atoms with Crippen LogP contribution in [-0.4, -0.2) is 49.8 Å². The number of benzene rings is 3. The third kappa shape index (κ3) is 5.42. The molecule has 0 unspecified atom stereocenters. The van der Waals surface area contributed by atoms with Gasteiger partial charge in [0.1, 0.15) is 5.82 Å². The van der Waals surface area contributed by atoms with E-state index in [4.69, 9.17) is 0 Å². The monoisotopic (exact) mass is 497 g/mol. The van der Waals surface area contributed by atoms with E-state index in [1.54, 1.807) is 24.3 Å². The fourth-order valence-corrected chi connectivity index (χ4v) is 4.86. The number of H-pyrrole nitrogens is 2. The van der Waals surface area contributed by atoms with E-state index in [-0.39, 0.29) is 34.6 Å². The Bertz CT molecular complexity index is 1540. The van der Waals surface area contributed by atoms with E-state index < -0.39 is 21.6 Å². The molecule has 3 aromatic carbocycles. The normalized spacial score (nSPS) is 12.6. The molecule has 182 valence electrons. The molecule has 35 heavy (non-hydrogen) atoms. The summed E-state index contributed by atoms with van der Waals surface area (Å²) in [5.74, 6) is -0.862. The first-order chi connectivity index (χ1) is 16.6. The highest BCUT2D eigenvalue weighted by atomic mass is 32.2. The first kappa shape index (κ1) is 24.2. The number of likely N-dealkylation sites (N-methyl/N-ethyl adjacent to an activating group) is 1. The van der Waals surface area contributed by atoms with Crippen molar-refractivity contribution < 1.29 is 17.6 Å². The number of nitrogens with one attached hydrogen (secondary N) is 4. The zero-order chi connectivity index (χ0) is 25.2. The van der Waals surface area contributed by atoms with Gasteiger partial charge in [0.05, 0.1) is 33.2 Å². The highest BCUT2D eigenvalue weighted by molar-refractivity contribution is 7.92. The van der Waals surface area contributed by atoms with Crippen LogP contribution in [0.15, 0.2) is 76.4 Å². The van der Waals surface area contributed by atoms with Crippen LogP contribution in [0.2, 0.25) is 0 Å². The van der Waals surface area contributed by atoms with Crippen molar-refractivity contribution in [2.75, 3.05) is 25.4 Å². The number of para-hydroxylation sites is 1. The Morgan fingerprint density at radius 1 is 1.00 bits per heavy atom. The molecule has 1 heterocycles. The number of anilines is 1. The predicted octanol–water partition coefficient (Wildman–Crippen LogP) is 2.83. The maximum Gasteiger partial charge on any atom is 0.323 e. The summed E-state index contributed by atoms with van der Waals surface area (Å²) >= 11 is 0. The Morgan fingerprint density at radius 3 is 2.49 bits per heavy atom. The van der Waals surface area contributed by atoms with E-state index in [2.05, 4.69) is 20.0 Å². The molecule has 0 saturated heterocycles. The summed E-state index contributed by atoms with van der Waals surface area (Å²) in [6.07, 6.45) is 0. The predicted molar refractivity (Wildman–Crippen MR) is 131 cm³/mol. The van der Waals surface area contributed by atoms with Crippen LogP contribution in [0, 0.1) is 5.82 Å². The molecule has 11 heteroatoms. The van der Waals surface area contributed by atoms with Crippen LogP contribution in [-0.2, 0) is 10.0 Å². The lowest BCUT2D eigenvalue weighted by Gasteiger charge is -2.25. The summed E-state index contributed by atoms with van der Waals surface area (Å²) in [5, 5.41) is 2.81. The fraction of sp³-hybridized carbons (Fsp3) is 0.167. The molecule has 0 aliphatic carbocycles. The quantitative estimate of drug-likeness (QED) is 0.298. The van der Waals surface area contributed by atoms with Gasteiger partial charge in [-0.3, -0.25) is 9.52 Å². The molecule has 0 saturated carbocycles. The van der Waals surface area contributed by atoms with Gasteiger partial charge in [-0.25, -0.2) is 17.6 Å². The Kier molecular flexibility index (Phi) is 6.72. The molecule has 4 N–H and O–H groups in total. The van der Waals surface area contributed by atoms with Gasteiger partial charge in [-0.2, -0.15) is 0 Å². The van der Waals surface area contributed by atoms with Crippen LogP contribution >= 0.6 is 0 Å². The van der Waals surface area contributed by atoms with Gasteiger partial charge >= 0.3 is 5.69 Å². The number of imidazole rings is 1. The molecule has 4 aromatic rings. The fourth-order valence-electron chi connectivity index (χ4n) is 3.75. The summed E-state index contributed by atoms with van der Waals surface area (Å²) in [5.41, 5.74) is 1.29. The average molecular weight is 498 g/mol. The van der Waals surface area contributed by atoms with E-state index in [9.17, 15) is 22.4 Å². The lowest BCUT2D eigenvalue weighted by molar-refractivity contribution is 0.0943. The summed E-state index contributed by atoms with van der Waals surface area (Å²) in [6.45, 7) is 0.174. The number of rotatable bonds is 8. The Hall–Kier alpha value is -3.96. The summed E-state index contributed by atoms with van der Waals surface area (Å²) in [7, 11) is -0.424. The van der Waals surface area contributed by atoms with Gasteiger partial charge in [0, 0.05) is 6.54 Å². The lowest BCUT2D eigenvalue weighted by Crippen LogP contribution is -2.35. The van der Waals surface area contributed by atoms with Crippen molar-refractivity contribution in [2.45, 2.75) is 10.9 Å². The number of hydrogen-bond acceptors (Lipinski definition) is 5. The van der Waals surface area contributed by atoms with Crippen molar-refractivity contribution in [2.24, 2.45) is 0 Å². The van der Waals surface area contributed by atoms with Crippen molar-refractivity contribution in [1.29, 1.82) is 0 Å². The van der Waals surface area contributed by atoms with E-state index in [1.165, 1.54) is 42.5 Å². The van der Waals surface area contributed by atoms with Crippen molar-refractivity contribution in [3.8, 4) is 0 Å². The molecule has 0 radical (unpaired) electrons. The minimum Gasteiger partial charge on any atom is -0.350 e. The van der Waals surface area contributed by atoms with Crippen molar-refractivity contribution in [3.63, 3.8) is 0 Å². The van der Waals surface area contributed by atoms with Crippen LogP contribution in [0.25, 0.3) is 11.0 Å². The van der Waals surface area contributed by atoms with Crippen molar-refractivity contribution in [3.05, 3.63) is 94.2 Å². The van der Waals surface area contributed by atoms with Crippen LogP contribution < -0.4 is 15.7 Å². The van der Waals surface area contributed by atoms with Crippen molar-refractivity contribution in [1.82, 2.24) is 20.2 Å². The van der Waals surface area contributed by atoms with Gasteiger partial charge in [0.2, 0.25) is 0 Å². The number of hydrogen-bond donors (Lipinski definition) is 4. The van der Waals surface area contributed by atoms with Gasteiger partial charge in [0.15, 0.2) is 0 Å². The molecular formula is C24H24FN5O4S. The number of fused-ring (bicyclic) bond motifs is 1. The summed E-state index contributed by atoms with van der Waals surface area (Å²) < 4.78 is 42.2. The number of carbonyl (C=O) groups excluding carboxylic acids is 1. The molecule has 1 aromatic heterocycles. The Balaban J connectivity index is 1.54. The molecule has 1 amide bonds. The zero-order valence-corrected chi connectivity index (χ0v) is 19.8. The first-order valence-electron chi connectivity index (χ1n) is 10.7. The van der Waals surface area contributed by atoms with Gasteiger partial charge in [-0.1, -0.05) is 24.3 Å². The number of sulfonamides is 1. The van der Waals surface area contributed by atoms with Crippen LogP contribution in [0.1, 0.15) is 22.0 Å². The minimum atomic E-state index is -4.06. The average Bonchev–Trinajstić information content (AvgIpc) is 3.18. The van der Waals surface area contributed by atoms with Crippen LogP contribution in [0.4, 0.5) is 10.1 Å². The number of aromatic amines is 2. The number of halogens is 1. The third-order valence-electron chi connectivity index (χ3n) is 5.53. The molecule has 0 bridgehead atoms. The molecule has 0 aliphatic heterocycles. The molecule has 1 atom stereocenters. The largest absolute Gasteiger partial charge is 0.350 e. The van der Waals surface area contributed by atoms with Crippen LogP contribution in [0.5, 0.6) is 0 Å². The number of carbonyl (C=O) groups is 1. The van der Waals surface area contributed by atoms with E-state index >= 15 is 0 Å². The van der Waals surface area contributed by atoms with Gasteiger partial charge < -0.3 is 20.2 Å². The maximum absolute atomic E-state index is 13.7. The summed E-state index contributed by atoms with van der Waals surface area (Å²) in [4.78, 5) is 31.3.